The van der Waals surface area contributed by atoms with Crippen LogP contribution in [0.3, 0.4) is 0 Å². The van der Waals surface area contributed by atoms with Gasteiger partial charge in [0.25, 0.3) is 5.56 Å². The van der Waals surface area contributed by atoms with Crippen molar-refractivity contribution in [3.63, 3.8) is 0 Å². The van der Waals surface area contributed by atoms with Crippen molar-refractivity contribution < 1.29 is 9.59 Å². The van der Waals surface area contributed by atoms with E-state index in [0.717, 1.165) is 35.2 Å². The lowest BCUT2D eigenvalue weighted by molar-refractivity contribution is -0.120. The van der Waals surface area contributed by atoms with E-state index >= 15 is 0 Å². The molecular weight excluding hydrogens is 364 g/mol. The topological polar surface area (TPSA) is 93.1 Å². The van der Waals surface area contributed by atoms with Crippen molar-refractivity contribution in [1.29, 1.82) is 0 Å². The van der Waals surface area contributed by atoms with Crippen LogP contribution in [0.5, 0.6) is 0 Å². The van der Waals surface area contributed by atoms with Gasteiger partial charge in [-0.15, -0.1) is 11.3 Å². The average Bonchev–Trinajstić information content (AvgIpc) is 3.24. The van der Waals surface area contributed by atoms with Gasteiger partial charge >= 0.3 is 6.03 Å². The van der Waals surface area contributed by atoms with E-state index in [-0.39, 0.29) is 12.1 Å². The molecule has 1 aliphatic carbocycles. The monoisotopic (exact) mass is 382 g/mol. The standard InChI is InChI=1S/C19H18N4O3S/c24-15(22-19(26)20-9-12-5-2-1-3-6-12)10-23-11-21-17-16(18(23)25)13-7-4-8-14(13)27-17/h1-3,5-6,11H,4,7-10H2,(H2,20,22,24,26). The van der Waals surface area contributed by atoms with Gasteiger partial charge in [-0.25, -0.2) is 9.78 Å². The molecule has 8 heteroatoms. The molecule has 7 nitrogen and oxygen atoms in total. The summed E-state index contributed by atoms with van der Waals surface area (Å²) >= 11 is 1.55. The van der Waals surface area contributed by atoms with Gasteiger partial charge in [-0.2, -0.15) is 0 Å². The predicted molar refractivity (Wildman–Crippen MR) is 103 cm³/mol. The van der Waals surface area contributed by atoms with Crippen molar-refractivity contribution in [2.24, 2.45) is 0 Å². The number of amides is 3. The SMILES string of the molecule is O=C(Cn1cnc2sc3c(c2c1=O)CCC3)NC(=O)NCc1ccccc1. The van der Waals surface area contributed by atoms with Gasteiger partial charge in [0.05, 0.1) is 11.7 Å². The van der Waals surface area contributed by atoms with Gasteiger partial charge in [-0.3, -0.25) is 19.5 Å². The van der Waals surface area contributed by atoms with Crippen molar-refractivity contribution in [2.75, 3.05) is 0 Å². The molecule has 3 aromatic rings. The number of benzene rings is 1. The zero-order valence-corrected chi connectivity index (χ0v) is 15.3. The Balaban J connectivity index is 1.41. The van der Waals surface area contributed by atoms with Gasteiger partial charge < -0.3 is 5.32 Å². The highest BCUT2D eigenvalue weighted by atomic mass is 32.1. The maximum Gasteiger partial charge on any atom is 0.321 e. The van der Waals surface area contributed by atoms with Crippen LogP contribution in [0.1, 0.15) is 22.4 Å². The molecule has 2 N–H and O–H groups in total. The molecule has 27 heavy (non-hydrogen) atoms. The van der Waals surface area contributed by atoms with Crippen LogP contribution in [0.4, 0.5) is 4.79 Å². The summed E-state index contributed by atoms with van der Waals surface area (Å²) in [6.07, 6.45) is 4.29. The summed E-state index contributed by atoms with van der Waals surface area (Å²) in [7, 11) is 0. The zero-order valence-electron chi connectivity index (χ0n) is 14.5. The Morgan fingerprint density at radius 3 is 2.81 bits per heavy atom. The molecular formula is C19H18N4O3S. The number of hydrogen-bond donors (Lipinski definition) is 2. The maximum atomic E-state index is 12.7. The smallest absolute Gasteiger partial charge is 0.321 e. The molecule has 0 radical (unpaired) electrons. The molecule has 138 valence electrons. The minimum absolute atomic E-state index is 0.223. The number of aryl methyl sites for hydroxylation is 2. The van der Waals surface area contributed by atoms with E-state index in [2.05, 4.69) is 15.6 Å². The van der Waals surface area contributed by atoms with Gasteiger partial charge in [0.1, 0.15) is 11.4 Å². The lowest BCUT2D eigenvalue weighted by Gasteiger charge is -2.08. The minimum Gasteiger partial charge on any atom is -0.334 e. The number of aromatic nitrogens is 2. The third-order valence-electron chi connectivity index (χ3n) is 4.55. The molecule has 0 saturated heterocycles. The van der Waals surface area contributed by atoms with E-state index in [1.165, 1.54) is 15.8 Å². The van der Waals surface area contributed by atoms with Crippen LogP contribution < -0.4 is 16.2 Å². The lowest BCUT2D eigenvalue weighted by atomic mass is 10.2. The van der Waals surface area contributed by atoms with E-state index < -0.39 is 11.9 Å². The van der Waals surface area contributed by atoms with Crippen LogP contribution >= 0.6 is 11.3 Å². The Morgan fingerprint density at radius 1 is 1.19 bits per heavy atom. The highest BCUT2D eigenvalue weighted by Crippen LogP contribution is 2.34. The van der Waals surface area contributed by atoms with Crippen molar-refractivity contribution in [3.05, 3.63) is 63.0 Å². The molecule has 0 fully saturated rings. The molecule has 1 aliphatic rings. The van der Waals surface area contributed by atoms with Crippen molar-refractivity contribution in [3.8, 4) is 0 Å². The third kappa shape index (κ3) is 3.61. The van der Waals surface area contributed by atoms with Crippen LogP contribution in [0, 0.1) is 0 Å². The number of nitrogens with one attached hydrogen (secondary N) is 2. The summed E-state index contributed by atoms with van der Waals surface area (Å²) < 4.78 is 1.26. The number of hydrogen-bond acceptors (Lipinski definition) is 5. The van der Waals surface area contributed by atoms with Crippen LogP contribution in [0.2, 0.25) is 0 Å². The van der Waals surface area contributed by atoms with E-state index in [0.29, 0.717) is 11.9 Å². The van der Waals surface area contributed by atoms with Crippen LogP contribution in [-0.4, -0.2) is 21.5 Å². The average molecular weight is 382 g/mol. The Morgan fingerprint density at radius 2 is 2.00 bits per heavy atom. The first-order valence-corrected chi connectivity index (χ1v) is 9.55. The van der Waals surface area contributed by atoms with Crippen LogP contribution in [0.25, 0.3) is 10.2 Å². The van der Waals surface area contributed by atoms with Crippen LogP contribution in [0.15, 0.2) is 41.5 Å². The fourth-order valence-electron chi connectivity index (χ4n) is 3.28. The predicted octanol–water partition coefficient (Wildman–Crippen LogP) is 1.97. The Labute approximate surface area is 159 Å². The second-order valence-corrected chi connectivity index (χ2v) is 7.52. The molecule has 0 aliphatic heterocycles. The number of urea groups is 1. The van der Waals surface area contributed by atoms with E-state index in [9.17, 15) is 14.4 Å². The molecule has 0 unspecified atom stereocenters. The summed E-state index contributed by atoms with van der Waals surface area (Å²) in [4.78, 5) is 43.0. The molecule has 0 spiro atoms. The summed E-state index contributed by atoms with van der Waals surface area (Å²) in [5, 5.41) is 5.49. The fourth-order valence-corrected chi connectivity index (χ4v) is 4.49. The normalized spacial score (nSPS) is 12.7. The molecule has 0 saturated carbocycles. The molecule has 3 amide bonds. The first kappa shape index (κ1) is 17.4. The number of nitrogens with zero attached hydrogens (tertiary/aromatic N) is 2. The molecule has 2 aromatic heterocycles. The van der Waals surface area contributed by atoms with E-state index in [4.69, 9.17) is 0 Å². The number of imide groups is 1. The summed E-state index contributed by atoms with van der Waals surface area (Å²) in [6, 6.07) is 8.79. The Kier molecular flexibility index (Phi) is 4.72. The number of rotatable bonds is 4. The van der Waals surface area contributed by atoms with Crippen molar-refractivity contribution in [2.45, 2.75) is 32.4 Å². The molecule has 2 heterocycles. The van der Waals surface area contributed by atoms with E-state index in [1.807, 2.05) is 30.3 Å². The second kappa shape index (κ2) is 7.32. The van der Waals surface area contributed by atoms with Crippen molar-refractivity contribution >= 4 is 33.5 Å². The largest absolute Gasteiger partial charge is 0.334 e. The molecule has 0 atom stereocenters. The fraction of sp³-hybridized carbons (Fsp3) is 0.263. The summed E-state index contributed by atoms with van der Waals surface area (Å²) in [6.45, 7) is 0.0691. The maximum absolute atomic E-state index is 12.7. The van der Waals surface area contributed by atoms with Crippen LogP contribution in [-0.2, 0) is 30.7 Å². The number of carbonyl (C=O) groups excluding carboxylic acids is 2. The second-order valence-electron chi connectivity index (χ2n) is 6.43. The minimum atomic E-state index is -0.595. The number of thiophene rings is 1. The van der Waals surface area contributed by atoms with Gasteiger partial charge in [-0.05, 0) is 30.4 Å². The summed E-state index contributed by atoms with van der Waals surface area (Å²) in [5.41, 5.74) is 1.78. The Hall–Kier alpha value is -3.00. The molecule has 1 aromatic carbocycles. The first-order valence-electron chi connectivity index (χ1n) is 8.73. The number of fused-ring (bicyclic) bond motifs is 3. The van der Waals surface area contributed by atoms with Gasteiger partial charge in [0, 0.05) is 11.4 Å². The quantitative estimate of drug-likeness (QED) is 0.722. The highest BCUT2D eigenvalue weighted by molar-refractivity contribution is 7.18. The molecule has 0 bridgehead atoms. The van der Waals surface area contributed by atoms with Gasteiger partial charge in [0.2, 0.25) is 5.91 Å². The van der Waals surface area contributed by atoms with Gasteiger partial charge in [-0.1, -0.05) is 30.3 Å². The zero-order chi connectivity index (χ0) is 18.8. The Bertz CT molecular complexity index is 1070. The lowest BCUT2D eigenvalue weighted by Crippen LogP contribution is -2.41. The van der Waals surface area contributed by atoms with E-state index in [1.54, 1.807) is 11.3 Å². The highest BCUT2D eigenvalue weighted by Gasteiger charge is 2.21. The van der Waals surface area contributed by atoms with Gasteiger partial charge in [0.15, 0.2) is 0 Å². The number of carbonyl (C=O) groups is 2. The third-order valence-corrected chi connectivity index (χ3v) is 5.75. The molecule has 4 rings (SSSR count). The first-order chi connectivity index (χ1) is 13.1. The summed E-state index contributed by atoms with van der Waals surface area (Å²) in [5.74, 6) is -0.560. The van der Waals surface area contributed by atoms with Crippen molar-refractivity contribution in [1.82, 2.24) is 20.2 Å².